The fourth-order valence-corrected chi connectivity index (χ4v) is 5.79. The number of rotatable bonds is 9. The summed E-state index contributed by atoms with van der Waals surface area (Å²) < 4.78 is 75.6. The molecule has 14 heteroatoms. The molecule has 0 aliphatic carbocycles. The topological polar surface area (TPSA) is 117 Å². The van der Waals surface area contributed by atoms with E-state index < -0.39 is 39.8 Å². The van der Waals surface area contributed by atoms with Crippen LogP contribution in [0.1, 0.15) is 35.3 Å². The average Bonchev–Trinajstić information content (AvgIpc) is 3.37. The van der Waals surface area contributed by atoms with Crippen molar-refractivity contribution in [3.05, 3.63) is 71.7 Å². The third-order valence-corrected chi connectivity index (χ3v) is 8.37. The molecule has 0 unspecified atom stereocenters. The van der Waals surface area contributed by atoms with Gasteiger partial charge in [0.25, 0.3) is 15.9 Å². The van der Waals surface area contributed by atoms with Crippen LogP contribution in [-0.2, 0) is 29.8 Å². The molecule has 1 aliphatic heterocycles. The van der Waals surface area contributed by atoms with E-state index >= 15 is 0 Å². The number of halogens is 3. The Morgan fingerprint density at radius 1 is 1.21 bits per heavy atom. The van der Waals surface area contributed by atoms with Gasteiger partial charge in [-0.25, -0.2) is 4.98 Å². The molecule has 2 aromatic carbocycles. The minimum atomic E-state index is -4.43. The van der Waals surface area contributed by atoms with Gasteiger partial charge in [0.15, 0.2) is 10.8 Å². The molecular formula is C28H34F3N5O5S. The van der Waals surface area contributed by atoms with E-state index in [1.54, 1.807) is 21.0 Å². The molecule has 0 fully saturated rings. The molecule has 42 heavy (non-hydrogen) atoms. The van der Waals surface area contributed by atoms with Crippen LogP contribution in [0.5, 0.6) is 5.75 Å². The number of fused-ring (bicyclic) bond motifs is 1. The van der Waals surface area contributed by atoms with Gasteiger partial charge in [0.05, 0.1) is 35.8 Å². The van der Waals surface area contributed by atoms with Gasteiger partial charge in [0.2, 0.25) is 0 Å². The predicted molar refractivity (Wildman–Crippen MR) is 149 cm³/mol. The number of sulfonamides is 1. The maximum Gasteiger partial charge on any atom is 0.416 e. The minimum absolute atomic E-state index is 0.0385. The van der Waals surface area contributed by atoms with E-state index in [4.69, 9.17) is 4.74 Å². The van der Waals surface area contributed by atoms with E-state index in [1.165, 1.54) is 52.3 Å². The molecule has 3 atom stereocenters. The zero-order chi connectivity index (χ0) is 30.8. The van der Waals surface area contributed by atoms with Crippen molar-refractivity contribution in [3.63, 3.8) is 0 Å². The lowest BCUT2D eigenvalue weighted by atomic mass is 9.99. The van der Waals surface area contributed by atoms with E-state index in [2.05, 4.69) is 9.71 Å². The number of nitrogens with one attached hydrogen (secondary N) is 1. The Morgan fingerprint density at radius 2 is 1.90 bits per heavy atom. The number of benzene rings is 2. The van der Waals surface area contributed by atoms with E-state index in [1.807, 2.05) is 11.8 Å². The highest BCUT2D eigenvalue weighted by Gasteiger charge is 2.35. The molecule has 0 spiro atoms. The molecule has 0 saturated heterocycles. The number of para-hydroxylation sites is 1. The van der Waals surface area contributed by atoms with Gasteiger partial charge in [-0.2, -0.15) is 21.6 Å². The Bertz CT molecular complexity index is 1510. The molecule has 3 aromatic rings. The first-order valence-electron chi connectivity index (χ1n) is 13.3. The molecule has 1 amide bonds. The Hall–Kier alpha value is -3.62. The van der Waals surface area contributed by atoms with Gasteiger partial charge in [0.1, 0.15) is 6.10 Å². The molecule has 1 aliphatic rings. The molecule has 1 aromatic heterocycles. The van der Waals surface area contributed by atoms with Crippen molar-refractivity contribution in [2.45, 2.75) is 43.7 Å². The lowest BCUT2D eigenvalue weighted by Gasteiger charge is -2.38. The van der Waals surface area contributed by atoms with Crippen molar-refractivity contribution < 1.29 is 36.2 Å². The number of ether oxygens (including phenoxy) is 1. The Balaban J connectivity index is 1.66. The zero-order valence-electron chi connectivity index (χ0n) is 23.7. The molecule has 2 heterocycles. The van der Waals surface area contributed by atoms with Gasteiger partial charge >= 0.3 is 6.18 Å². The zero-order valence-corrected chi connectivity index (χ0v) is 24.5. The molecule has 0 bridgehead atoms. The van der Waals surface area contributed by atoms with E-state index in [0.29, 0.717) is 18.7 Å². The first-order valence-corrected chi connectivity index (χ1v) is 14.7. The summed E-state index contributed by atoms with van der Waals surface area (Å²) in [5.74, 6) is -0.655. The number of anilines is 1. The van der Waals surface area contributed by atoms with Gasteiger partial charge in [-0.3, -0.25) is 14.4 Å². The molecule has 2 N–H and O–H groups in total. The highest BCUT2D eigenvalue weighted by molar-refractivity contribution is 7.92. The van der Waals surface area contributed by atoms with E-state index in [9.17, 15) is 31.5 Å². The maximum absolute atomic E-state index is 13.6. The van der Waals surface area contributed by atoms with E-state index in [-0.39, 0.29) is 41.1 Å². The van der Waals surface area contributed by atoms with Crippen LogP contribution in [0.4, 0.5) is 18.9 Å². The molecule has 10 nitrogen and oxygen atoms in total. The van der Waals surface area contributed by atoms with Crippen molar-refractivity contribution in [1.82, 2.24) is 19.4 Å². The van der Waals surface area contributed by atoms with Crippen molar-refractivity contribution >= 4 is 21.6 Å². The summed E-state index contributed by atoms with van der Waals surface area (Å²) in [7, 11) is -0.696. The molecule has 4 rings (SSSR count). The van der Waals surface area contributed by atoms with Gasteiger partial charge in [0, 0.05) is 38.8 Å². The lowest BCUT2D eigenvalue weighted by Crippen LogP contribution is -2.49. The van der Waals surface area contributed by atoms with Gasteiger partial charge in [-0.15, -0.1) is 0 Å². The third kappa shape index (κ3) is 7.05. The first-order chi connectivity index (χ1) is 19.7. The monoisotopic (exact) mass is 609 g/mol. The van der Waals surface area contributed by atoms with Crippen molar-refractivity contribution in [2.75, 3.05) is 31.5 Å². The first kappa shape index (κ1) is 31.3. The summed E-state index contributed by atoms with van der Waals surface area (Å²) >= 11 is 0. The number of carbonyl (C=O) groups excluding carboxylic acids is 1. The Labute approximate surface area is 242 Å². The number of alkyl halides is 3. The standard InChI is InChI=1S/C28H34F3N5O5S/c1-18-12-36(19(2)16-37)27(38)22-6-5-7-23(33-42(39,40)25-15-35(4)17-32-25)26(22)41-24(18)14-34(3)13-20-8-10-21(11-9-20)28(29,30)31/h5-11,15,17-19,24,33,37H,12-14,16H2,1-4H3/t18-,19-,24+/m1/s1. The highest BCUT2D eigenvalue weighted by Crippen LogP contribution is 2.36. The third-order valence-electron chi connectivity index (χ3n) is 7.12. The van der Waals surface area contributed by atoms with Crippen LogP contribution >= 0.6 is 0 Å². The van der Waals surface area contributed by atoms with Crippen LogP contribution < -0.4 is 9.46 Å². The van der Waals surface area contributed by atoms with Gasteiger partial charge < -0.3 is 19.3 Å². The number of hydrogen-bond acceptors (Lipinski definition) is 7. The Kier molecular flexibility index (Phi) is 9.18. The van der Waals surface area contributed by atoms with E-state index in [0.717, 1.165) is 12.1 Å². The summed E-state index contributed by atoms with van der Waals surface area (Å²) in [6, 6.07) is 8.95. The van der Waals surface area contributed by atoms with Crippen molar-refractivity contribution in [3.8, 4) is 5.75 Å². The number of nitrogens with zero attached hydrogens (tertiary/aromatic N) is 4. The van der Waals surface area contributed by atoms with Crippen LogP contribution in [0.3, 0.4) is 0 Å². The van der Waals surface area contributed by atoms with Gasteiger partial charge in [-0.1, -0.05) is 25.1 Å². The number of imidazole rings is 1. The minimum Gasteiger partial charge on any atom is -0.486 e. The number of hydrogen-bond donors (Lipinski definition) is 2. The fourth-order valence-electron chi connectivity index (χ4n) is 4.75. The number of carbonyl (C=O) groups is 1. The maximum atomic E-state index is 13.6. The molecular weight excluding hydrogens is 575 g/mol. The summed E-state index contributed by atoms with van der Waals surface area (Å²) in [5.41, 5.74) is 0.108. The summed E-state index contributed by atoms with van der Waals surface area (Å²) in [6.45, 7) is 4.19. The summed E-state index contributed by atoms with van der Waals surface area (Å²) in [6.07, 6.45) is -2.30. The van der Waals surface area contributed by atoms with Crippen LogP contribution in [0.2, 0.25) is 0 Å². The SMILES string of the molecule is C[C@@H]1CN([C@H](C)CO)C(=O)c2cccc(NS(=O)(=O)c3cn(C)cn3)c2O[C@H]1CN(C)Cc1ccc(C(F)(F)F)cc1. The number of aliphatic hydroxyl groups is 1. The molecule has 0 radical (unpaired) electrons. The summed E-state index contributed by atoms with van der Waals surface area (Å²) in [4.78, 5) is 21.0. The van der Waals surface area contributed by atoms with Crippen LogP contribution in [0.25, 0.3) is 0 Å². The quantitative estimate of drug-likeness (QED) is 0.381. The smallest absolute Gasteiger partial charge is 0.416 e. The van der Waals surface area contributed by atoms with Crippen LogP contribution in [0, 0.1) is 5.92 Å². The second-order valence-electron chi connectivity index (χ2n) is 10.7. The number of aromatic nitrogens is 2. The number of amides is 1. The van der Waals surface area contributed by atoms with Crippen molar-refractivity contribution in [2.24, 2.45) is 13.0 Å². The second-order valence-corrected chi connectivity index (χ2v) is 12.3. The average molecular weight is 610 g/mol. The largest absolute Gasteiger partial charge is 0.486 e. The number of aliphatic hydroxyl groups excluding tert-OH is 1. The normalized spacial score (nSPS) is 18.7. The van der Waals surface area contributed by atoms with Crippen molar-refractivity contribution in [1.29, 1.82) is 0 Å². The second kappa shape index (κ2) is 12.3. The highest BCUT2D eigenvalue weighted by atomic mass is 32.2. The molecule has 228 valence electrons. The fraction of sp³-hybridized carbons (Fsp3) is 0.429. The molecule has 0 saturated carbocycles. The number of likely N-dealkylation sites (N-methyl/N-ethyl adjacent to an activating group) is 1. The van der Waals surface area contributed by atoms with Gasteiger partial charge in [-0.05, 0) is 43.8 Å². The Morgan fingerprint density at radius 3 is 2.50 bits per heavy atom. The summed E-state index contributed by atoms with van der Waals surface area (Å²) in [5, 5.41) is 9.67. The predicted octanol–water partition coefficient (Wildman–Crippen LogP) is 3.59. The number of aryl methyl sites for hydroxylation is 1. The van der Waals surface area contributed by atoms with Crippen LogP contribution in [0.15, 0.2) is 60.0 Å². The van der Waals surface area contributed by atoms with Crippen LogP contribution in [-0.4, -0.2) is 77.7 Å². The lowest BCUT2D eigenvalue weighted by molar-refractivity contribution is -0.137.